The molecule has 6 nitrogen and oxygen atoms in total. The Kier molecular flexibility index (Phi) is 7.81. The molecule has 0 aromatic heterocycles. The van der Waals surface area contributed by atoms with Crippen LogP contribution in [0.2, 0.25) is 0 Å². The lowest BCUT2D eigenvalue weighted by Crippen LogP contribution is -2.28. The Balaban J connectivity index is 2.49. The molecule has 0 heterocycles. The number of ether oxygens (including phenoxy) is 2. The van der Waals surface area contributed by atoms with Gasteiger partial charge in [0.15, 0.2) is 0 Å². The Morgan fingerprint density at radius 1 is 1.09 bits per heavy atom. The van der Waals surface area contributed by atoms with E-state index in [-0.39, 0.29) is 18.2 Å². The van der Waals surface area contributed by atoms with Gasteiger partial charge in [-0.05, 0) is 18.6 Å². The van der Waals surface area contributed by atoms with Gasteiger partial charge in [-0.2, -0.15) is 0 Å². The first kappa shape index (κ1) is 17.8. The molecule has 6 heteroatoms. The van der Waals surface area contributed by atoms with Gasteiger partial charge in [0, 0.05) is 12.6 Å². The van der Waals surface area contributed by atoms with Crippen molar-refractivity contribution in [1.82, 2.24) is 5.32 Å². The number of unbranched alkanes of at least 4 members (excludes halogenated alkanes) is 2. The fourth-order valence-corrected chi connectivity index (χ4v) is 1.91. The lowest BCUT2D eigenvalue weighted by atomic mass is 10.2. The topological polar surface area (TPSA) is 76.7 Å². The Bertz CT molecular complexity index is 503. The number of rotatable bonds is 9. The molecular formula is C16H24N2O4. The summed E-state index contributed by atoms with van der Waals surface area (Å²) in [6.45, 7) is 2.70. The first-order valence-electron chi connectivity index (χ1n) is 7.39. The zero-order valence-corrected chi connectivity index (χ0v) is 13.4. The minimum Gasteiger partial charge on any atom is -0.497 e. The number of nitrogens with one attached hydrogen (secondary N) is 2. The average Bonchev–Trinajstić information content (AvgIpc) is 2.51. The largest absolute Gasteiger partial charge is 0.497 e. The van der Waals surface area contributed by atoms with Crippen LogP contribution in [-0.2, 0) is 9.59 Å². The van der Waals surface area contributed by atoms with Crippen molar-refractivity contribution in [2.45, 2.75) is 32.6 Å². The summed E-state index contributed by atoms with van der Waals surface area (Å²) in [5, 5.41) is 5.39. The molecule has 2 N–H and O–H groups in total. The van der Waals surface area contributed by atoms with Crippen LogP contribution in [0.4, 0.5) is 5.69 Å². The summed E-state index contributed by atoms with van der Waals surface area (Å²) in [5.74, 6) is 0.456. The predicted molar refractivity (Wildman–Crippen MR) is 85.3 cm³/mol. The third-order valence-electron chi connectivity index (χ3n) is 3.11. The molecule has 0 bridgehead atoms. The molecule has 0 atom stereocenters. The maximum Gasteiger partial charge on any atom is 0.233 e. The minimum absolute atomic E-state index is 0.207. The van der Waals surface area contributed by atoms with E-state index in [0.29, 0.717) is 23.7 Å². The highest BCUT2D eigenvalue weighted by Gasteiger charge is 2.12. The van der Waals surface area contributed by atoms with Crippen LogP contribution in [0.25, 0.3) is 0 Å². The molecule has 1 aromatic rings. The quantitative estimate of drug-likeness (QED) is 0.542. The standard InChI is InChI=1S/C16H24N2O4/c1-4-5-6-9-17-15(19)11-16(20)18-13-8-7-12(21-2)10-14(13)22-3/h7-8,10H,4-6,9,11H2,1-3H3,(H,17,19)(H,18,20). The second-order valence-corrected chi connectivity index (χ2v) is 4.85. The monoisotopic (exact) mass is 308 g/mol. The molecule has 0 fully saturated rings. The van der Waals surface area contributed by atoms with E-state index in [4.69, 9.17) is 9.47 Å². The number of carbonyl (C=O) groups excluding carboxylic acids is 2. The first-order chi connectivity index (χ1) is 10.6. The summed E-state index contributed by atoms with van der Waals surface area (Å²) in [5.41, 5.74) is 0.507. The van der Waals surface area contributed by atoms with Gasteiger partial charge >= 0.3 is 0 Å². The van der Waals surface area contributed by atoms with Crippen molar-refractivity contribution in [3.8, 4) is 11.5 Å². The van der Waals surface area contributed by atoms with E-state index in [1.54, 1.807) is 25.3 Å². The van der Waals surface area contributed by atoms with Crippen molar-refractivity contribution in [2.75, 3.05) is 26.1 Å². The average molecular weight is 308 g/mol. The third-order valence-corrected chi connectivity index (χ3v) is 3.11. The molecule has 0 unspecified atom stereocenters. The zero-order valence-electron chi connectivity index (χ0n) is 13.4. The molecule has 0 aliphatic carbocycles. The molecule has 0 aliphatic heterocycles. The summed E-state index contributed by atoms with van der Waals surface area (Å²) in [6, 6.07) is 5.05. The highest BCUT2D eigenvalue weighted by atomic mass is 16.5. The SMILES string of the molecule is CCCCCNC(=O)CC(=O)Nc1ccc(OC)cc1OC. The molecule has 1 aromatic carbocycles. The van der Waals surface area contributed by atoms with Crippen LogP contribution < -0.4 is 20.1 Å². The van der Waals surface area contributed by atoms with Gasteiger partial charge in [0.05, 0.1) is 19.9 Å². The third kappa shape index (κ3) is 6.03. The molecule has 0 saturated heterocycles. The maximum atomic E-state index is 11.9. The Labute approximate surface area is 131 Å². The smallest absolute Gasteiger partial charge is 0.233 e. The summed E-state index contributed by atoms with van der Waals surface area (Å²) < 4.78 is 10.3. The zero-order chi connectivity index (χ0) is 16.4. The highest BCUT2D eigenvalue weighted by molar-refractivity contribution is 6.04. The second kappa shape index (κ2) is 9.65. The number of hydrogen-bond donors (Lipinski definition) is 2. The van der Waals surface area contributed by atoms with Gasteiger partial charge in [-0.25, -0.2) is 0 Å². The highest BCUT2D eigenvalue weighted by Crippen LogP contribution is 2.28. The van der Waals surface area contributed by atoms with Crippen LogP contribution in [0, 0.1) is 0 Å². The van der Waals surface area contributed by atoms with Crippen molar-refractivity contribution in [3.05, 3.63) is 18.2 Å². The number of anilines is 1. The van der Waals surface area contributed by atoms with E-state index in [1.165, 1.54) is 7.11 Å². The number of amides is 2. The number of methoxy groups -OCH3 is 2. The number of carbonyl (C=O) groups is 2. The van der Waals surface area contributed by atoms with Crippen molar-refractivity contribution < 1.29 is 19.1 Å². The lowest BCUT2D eigenvalue weighted by molar-refractivity contribution is -0.126. The van der Waals surface area contributed by atoms with Gasteiger partial charge in [0.25, 0.3) is 0 Å². The van der Waals surface area contributed by atoms with Crippen molar-refractivity contribution in [1.29, 1.82) is 0 Å². The van der Waals surface area contributed by atoms with E-state index >= 15 is 0 Å². The first-order valence-corrected chi connectivity index (χ1v) is 7.39. The van der Waals surface area contributed by atoms with Gasteiger partial charge in [-0.15, -0.1) is 0 Å². The molecular weight excluding hydrogens is 284 g/mol. The van der Waals surface area contributed by atoms with Crippen molar-refractivity contribution in [2.24, 2.45) is 0 Å². The van der Waals surface area contributed by atoms with Gasteiger partial charge in [-0.1, -0.05) is 19.8 Å². The summed E-state index contributed by atoms with van der Waals surface area (Å²) in [7, 11) is 3.06. The maximum absolute atomic E-state index is 11.9. The number of hydrogen-bond acceptors (Lipinski definition) is 4. The summed E-state index contributed by atoms with van der Waals surface area (Å²) in [6.07, 6.45) is 2.88. The van der Waals surface area contributed by atoms with Gasteiger partial charge in [0.2, 0.25) is 11.8 Å². The van der Waals surface area contributed by atoms with Gasteiger partial charge in [-0.3, -0.25) is 9.59 Å². The Morgan fingerprint density at radius 2 is 1.86 bits per heavy atom. The Hall–Kier alpha value is -2.24. The van der Waals surface area contributed by atoms with Gasteiger partial charge in [0.1, 0.15) is 17.9 Å². The molecule has 22 heavy (non-hydrogen) atoms. The van der Waals surface area contributed by atoms with Crippen LogP contribution in [0.3, 0.4) is 0 Å². The minimum atomic E-state index is -0.378. The van der Waals surface area contributed by atoms with Crippen LogP contribution >= 0.6 is 0 Å². The van der Waals surface area contributed by atoms with Gasteiger partial charge < -0.3 is 20.1 Å². The van der Waals surface area contributed by atoms with Crippen molar-refractivity contribution in [3.63, 3.8) is 0 Å². The van der Waals surface area contributed by atoms with Crippen LogP contribution in [0.5, 0.6) is 11.5 Å². The van der Waals surface area contributed by atoms with E-state index in [2.05, 4.69) is 17.6 Å². The summed E-state index contributed by atoms with van der Waals surface area (Å²) >= 11 is 0. The fourth-order valence-electron chi connectivity index (χ4n) is 1.91. The van der Waals surface area contributed by atoms with Crippen molar-refractivity contribution >= 4 is 17.5 Å². The molecule has 2 amide bonds. The molecule has 0 aliphatic rings. The van der Waals surface area contributed by atoms with E-state index in [0.717, 1.165) is 19.3 Å². The molecule has 0 saturated carbocycles. The Morgan fingerprint density at radius 3 is 2.50 bits per heavy atom. The van der Waals surface area contributed by atoms with E-state index < -0.39 is 0 Å². The fraction of sp³-hybridized carbons (Fsp3) is 0.500. The van der Waals surface area contributed by atoms with Crippen LogP contribution in [0.1, 0.15) is 32.6 Å². The van der Waals surface area contributed by atoms with Crippen LogP contribution in [0.15, 0.2) is 18.2 Å². The number of benzene rings is 1. The molecule has 1 rings (SSSR count). The van der Waals surface area contributed by atoms with E-state index in [9.17, 15) is 9.59 Å². The van der Waals surface area contributed by atoms with Crippen LogP contribution in [-0.4, -0.2) is 32.6 Å². The molecule has 122 valence electrons. The van der Waals surface area contributed by atoms with E-state index in [1.807, 2.05) is 0 Å². The molecule has 0 radical (unpaired) electrons. The predicted octanol–water partition coefficient (Wildman–Crippen LogP) is 2.34. The second-order valence-electron chi connectivity index (χ2n) is 4.85. The summed E-state index contributed by atoms with van der Waals surface area (Å²) in [4.78, 5) is 23.5. The molecule has 0 spiro atoms. The normalized spacial score (nSPS) is 9.95. The lowest BCUT2D eigenvalue weighted by Gasteiger charge is -2.11.